The first-order valence-electron chi connectivity index (χ1n) is 8.48. The number of amides is 1. The van der Waals surface area contributed by atoms with Crippen molar-refractivity contribution in [3.63, 3.8) is 0 Å². The molecule has 128 valence electrons. The lowest BCUT2D eigenvalue weighted by Gasteiger charge is -2.32. The number of fused-ring (bicyclic) bond motifs is 1. The summed E-state index contributed by atoms with van der Waals surface area (Å²) in [6.45, 7) is 3.48. The number of aryl methyl sites for hydroxylation is 1. The molecule has 0 aliphatic carbocycles. The Labute approximate surface area is 145 Å². The van der Waals surface area contributed by atoms with E-state index in [0.29, 0.717) is 6.54 Å². The van der Waals surface area contributed by atoms with Crippen molar-refractivity contribution >= 4 is 28.3 Å². The van der Waals surface area contributed by atoms with Crippen LogP contribution in [0.25, 0.3) is 10.9 Å². The van der Waals surface area contributed by atoms with Crippen LogP contribution in [0.3, 0.4) is 0 Å². The van der Waals surface area contributed by atoms with E-state index < -0.39 is 0 Å². The van der Waals surface area contributed by atoms with Gasteiger partial charge in [0.2, 0.25) is 5.91 Å². The van der Waals surface area contributed by atoms with Crippen LogP contribution in [0, 0.1) is 12.8 Å². The summed E-state index contributed by atoms with van der Waals surface area (Å²) < 4.78 is 0. The molecule has 7 nitrogen and oxygen atoms in total. The first kappa shape index (κ1) is 15.6. The zero-order valence-corrected chi connectivity index (χ0v) is 14.1. The fraction of sp³-hybridized carbons (Fsp3) is 0.333. The second-order valence-electron chi connectivity index (χ2n) is 6.48. The molecule has 1 aliphatic rings. The minimum Gasteiger partial charge on any atom is -0.354 e. The van der Waals surface area contributed by atoms with E-state index in [9.17, 15) is 4.79 Å². The van der Waals surface area contributed by atoms with Crippen molar-refractivity contribution in [1.29, 1.82) is 0 Å². The number of nitrogens with zero attached hydrogens (tertiary/aromatic N) is 4. The first-order chi connectivity index (χ1) is 12.2. The van der Waals surface area contributed by atoms with Crippen molar-refractivity contribution in [2.75, 3.05) is 23.3 Å². The molecule has 4 rings (SSSR count). The van der Waals surface area contributed by atoms with Gasteiger partial charge in [-0.3, -0.25) is 9.89 Å². The van der Waals surface area contributed by atoms with E-state index in [0.717, 1.165) is 47.5 Å². The molecule has 0 bridgehead atoms. The Morgan fingerprint density at radius 2 is 2.20 bits per heavy atom. The number of rotatable bonds is 3. The lowest BCUT2D eigenvalue weighted by molar-refractivity contribution is -0.120. The molecule has 7 heteroatoms. The Kier molecular flexibility index (Phi) is 4.05. The number of piperidine rings is 1. The molecular formula is C18H20N6O. The summed E-state index contributed by atoms with van der Waals surface area (Å²) in [5, 5.41) is 19.3. The number of benzene rings is 1. The van der Waals surface area contributed by atoms with Gasteiger partial charge in [-0.15, -0.1) is 5.10 Å². The molecule has 2 N–H and O–H groups in total. The minimum atomic E-state index is -0.0608. The van der Waals surface area contributed by atoms with Crippen LogP contribution in [0.2, 0.25) is 0 Å². The van der Waals surface area contributed by atoms with Crippen LogP contribution in [-0.4, -0.2) is 39.4 Å². The molecule has 1 unspecified atom stereocenters. The molecule has 1 fully saturated rings. The highest BCUT2D eigenvalue weighted by Gasteiger charge is 2.26. The zero-order chi connectivity index (χ0) is 17.2. The smallest absolute Gasteiger partial charge is 0.229 e. The zero-order valence-electron chi connectivity index (χ0n) is 14.1. The van der Waals surface area contributed by atoms with Crippen LogP contribution in [0.5, 0.6) is 0 Å². The molecule has 25 heavy (non-hydrogen) atoms. The number of carbonyl (C=O) groups excluding carboxylic acids is 1. The Morgan fingerprint density at radius 1 is 1.28 bits per heavy atom. The van der Waals surface area contributed by atoms with Gasteiger partial charge in [0, 0.05) is 24.2 Å². The van der Waals surface area contributed by atoms with Crippen LogP contribution in [0.4, 0.5) is 11.5 Å². The van der Waals surface area contributed by atoms with Gasteiger partial charge in [0.1, 0.15) is 0 Å². The third-order valence-corrected chi connectivity index (χ3v) is 4.61. The van der Waals surface area contributed by atoms with Crippen molar-refractivity contribution in [3.8, 4) is 0 Å². The number of nitrogens with one attached hydrogen (secondary N) is 2. The van der Waals surface area contributed by atoms with E-state index in [2.05, 4.69) is 30.6 Å². The van der Waals surface area contributed by atoms with Gasteiger partial charge in [-0.1, -0.05) is 0 Å². The monoisotopic (exact) mass is 336 g/mol. The van der Waals surface area contributed by atoms with Gasteiger partial charge in [0.05, 0.1) is 23.3 Å². The highest BCUT2D eigenvalue weighted by atomic mass is 16.1. The Morgan fingerprint density at radius 3 is 3.04 bits per heavy atom. The van der Waals surface area contributed by atoms with Crippen molar-refractivity contribution in [2.45, 2.75) is 19.8 Å². The largest absolute Gasteiger partial charge is 0.354 e. The molecule has 3 aromatic rings. The van der Waals surface area contributed by atoms with Crippen molar-refractivity contribution in [3.05, 3.63) is 42.2 Å². The van der Waals surface area contributed by atoms with Crippen molar-refractivity contribution in [2.24, 2.45) is 5.92 Å². The molecule has 1 atom stereocenters. The number of anilines is 2. The van der Waals surface area contributed by atoms with Crippen molar-refractivity contribution in [1.82, 2.24) is 20.4 Å². The summed E-state index contributed by atoms with van der Waals surface area (Å²) in [6, 6.07) is 9.68. The van der Waals surface area contributed by atoms with Crippen LogP contribution in [0.1, 0.15) is 18.5 Å². The maximum atomic E-state index is 12.7. The van der Waals surface area contributed by atoms with E-state index in [1.54, 1.807) is 6.20 Å². The van der Waals surface area contributed by atoms with E-state index in [-0.39, 0.29) is 11.8 Å². The maximum Gasteiger partial charge on any atom is 0.229 e. The number of aromatic amines is 1. The Bertz CT molecular complexity index is 888. The Balaban J connectivity index is 1.45. The molecular weight excluding hydrogens is 316 g/mol. The Hall–Kier alpha value is -2.96. The third-order valence-electron chi connectivity index (χ3n) is 4.61. The van der Waals surface area contributed by atoms with Gasteiger partial charge >= 0.3 is 0 Å². The van der Waals surface area contributed by atoms with Crippen LogP contribution in [-0.2, 0) is 4.79 Å². The molecule has 1 saturated heterocycles. The lowest BCUT2D eigenvalue weighted by atomic mass is 9.97. The van der Waals surface area contributed by atoms with Gasteiger partial charge in [0.15, 0.2) is 5.82 Å². The highest BCUT2D eigenvalue weighted by Crippen LogP contribution is 2.23. The number of H-pyrrole nitrogens is 1. The minimum absolute atomic E-state index is 0.0450. The van der Waals surface area contributed by atoms with Gasteiger partial charge in [-0.05, 0) is 50.1 Å². The maximum absolute atomic E-state index is 12.7. The van der Waals surface area contributed by atoms with Crippen molar-refractivity contribution < 1.29 is 4.79 Å². The average Bonchev–Trinajstić information content (AvgIpc) is 3.10. The molecule has 2 aromatic heterocycles. The number of carbonyl (C=O) groups is 1. The van der Waals surface area contributed by atoms with Gasteiger partial charge in [0.25, 0.3) is 0 Å². The second-order valence-corrected chi connectivity index (χ2v) is 6.48. The average molecular weight is 336 g/mol. The molecule has 1 aliphatic heterocycles. The fourth-order valence-corrected chi connectivity index (χ4v) is 3.22. The lowest BCUT2D eigenvalue weighted by Crippen LogP contribution is -2.41. The van der Waals surface area contributed by atoms with Crippen LogP contribution in [0.15, 0.2) is 36.5 Å². The number of hydrogen-bond donors (Lipinski definition) is 2. The predicted molar refractivity (Wildman–Crippen MR) is 96.4 cm³/mol. The van der Waals surface area contributed by atoms with E-state index in [1.807, 2.05) is 37.3 Å². The molecule has 3 heterocycles. The van der Waals surface area contributed by atoms with E-state index in [4.69, 9.17) is 0 Å². The first-order valence-corrected chi connectivity index (χ1v) is 8.48. The summed E-state index contributed by atoms with van der Waals surface area (Å²) in [5.74, 6) is 0.819. The molecule has 0 saturated carbocycles. The standard InChI is InChI=1S/C18H20N6O/c1-12-4-7-17(23-21-12)24-8-2-3-14(11-24)18(25)20-15-6-5-13-10-19-22-16(13)9-15/h4-7,9-10,14H,2-3,8,11H2,1H3,(H,19,22)(H,20,25). The SMILES string of the molecule is Cc1ccc(N2CCCC(C(=O)Nc3ccc4cn[nH]c4c3)C2)nn1. The number of hydrogen-bond acceptors (Lipinski definition) is 5. The summed E-state index contributed by atoms with van der Waals surface area (Å²) in [5.41, 5.74) is 2.59. The highest BCUT2D eigenvalue weighted by molar-refractivity contribution is 5.95. The normalized spacial score (nSPS) is 17.6. The molecule has 0 spiro atoms. The summed E-state index contributed by atoms with van der Waals surface area (Å²) in [6.07, 6.45) is 3.61. The van der Waals surface area contributed by atoms with E-state index in [1.165, 1.54) is 0 Å². The van der Waals surface area contributed by atoms with Crippen LogP contribution >= 0.6 is 0 Å². The predicted octanol–water partition coefficient (Wildman–Crippen LogP) is 2.52. The number of aromatic nitrogens is 4. The summed E-state index contributed by atoms with van der Waals surface area (Å²) in [4.78, 5) is 14.8. The summed E-state index contributed by atoms with van der Waals surface area (Å²) in [7, 11) is 0. The molecule has 1 amide bonds. The topological polar surface area (TPSA) is 86.8 Å². The van der Waals surface area contributed by atoms with Crippen LogP contribution < -0.4 is 10.2 Å². The quantitative estimate of drug-likeness (QED) is 0.767. The third kappa shape index (κ3) is 3.31. The van der Waals surface area contributed by atoms with E-state index >= 15 is 0 Å². The second kappa shape index (κ2) is 6.51. The molecule has 0 radical (unpaired) electrons. The molecule has 1 aromatic carbocycles. The van der Waals surface area contributed by atoms with Gasteiger partial charge in [-0.2, -0.15) is 10.2 Å². The van der Waals surface area contributed by atoms with Gasteiger partial charge < -0.3 is 10.2 Å². The summed E-state index contributed by atoms with van der Waals surface area (Å²) >= 11 is 0. The van der Waals surface area contributed by atoms with Gasteiger partial charge in [-0.25, -0.2) is 0 Å². The fourth-order valence-electron chi connectivity index (χ4n) is 3.22.